The van der Waals surface area contributed by atoms with E-state index in [0.717, 1.165) is 11.1 Å². The lowest BCUT2D eigenvalue weighted by Crippen LogP contribution is -2.29. The average Bonchev–Trinajstić information content (AvgIpc) is 3.06. The summed E-state index contributed by atoms with van der Waals surface area (Å²) in [5.74, 6) is 7.37. The Bertz CT molecular complexity index is 929. The molecular weight excluding hydrogens is 398 g/mol. The van der Waals surface area contributed by atoms with E-state index in [-0.39, 0.29) is 11.7 Å². The molecule has 9 heteroatoms. The van der Waals surface area contributed by atoms with E-state index in [2.05, 4.69) is 15.5 Å². The highest BCUT2D eigenvalue weighted by Gasteiger charge is 2.13. The van der Waals surface area contributed by atoms with E-state index in [4.69, 9.17) is 22.2 Å². The van der Waals surface area contributed by atoms with E-state index < -0.39 is 0 Å². The Balaban J connectivity index is 1.43. The van der Waals surface area contributed by atoms with Crippen LogP contribution in [0.25, 0.3) is 11.4 Å². The highest BCUT2D eigenvalue weighted by atomic mass is 35.5. The van der Waals surface area contributed by atoms with E-state index in [1.54, 1.807) is 24.3 Å². The summed E-state index contributed by atoms with van der Waals surface area (Å²) in [5.41, 5.74) is 2.02. The molecule has 2 aromatic carbocycles. The number of hydrogen-bond donors (Lipinski definition) is 2. The molecule has 0 fully saturated rings. The van der Waals surface area contributed by atoms with Gasteiger partial charge >= 0.3 is 0 Å². The number of carbonyl (C=O) groups excluding carboxylic acids is 1. The number of aryl methyl sites for hydroxylation is 1. The van der Waals surface area contributed by atoms with Crippen molar-refractivity contribution >= 4 is 29.3 Å². The van der Waals surface area contributed by atoms with Crippen molar-refractivity contribution < 1.29 is 9.53 Å². The first-order chi connectivity index (χ1) is 13.5. The lowest BCUT2D eigenvalue weighted by Gasteiger charge is -2.08. The van der Waals surface area contributed by atoms with Gasteiger partial charge in [0.2, 0.25) is 11.1 Å². The van der Waals surface area contributed by atoms with Crippen LogP contribution in [0.1, 0.15) is 5.56 Å². The summed E-state index contributed by atoms with van der Waals surface area (Å²) < 4.78 is 6.92. The van der Waals surface area contributed by atoms with Crippen LogP contribution in [0.3, 0.4) is 0 Å². The second-order valence-electron chi connectivity index (χ2n) is 5.98. The molecule has 1 amide bonds. The third kappa shape index (κ3) is 5.40. The van der Waals surface area contributed by atoms with E-state index in [1.165, 1.54) is 16.4 Å². The van der Waals surface area contributed by atoms with E-state index in [9.17, 15) is 4.79 Å². The summed E-state index contributed by atoms with van der Waals surface area (Å²) in [6.45, 7) is 2.77. The number of hydrogen-bond acceptors (Lipinski definition) is 6. The third-order valence-electron chi connectivity index (χ3n) is 3.81. The molecule has 1 heterocycles. The summed E-state index contributed by atoms with van der Waals surface area (Å²) in [6, 6.07) is 14.9. The number of nitrogen functional groups attached to an aromatic ring is 1. The number of amides is 1. The molecule has 146 valence electrons. The summed E-state index contributed by atoms with van der Waals surface area (Å²) >= 11 is 7.05. The van der Waals surface area contributed by atoms with Crippen molar-refractivity contribution in [3.8, 4) is 17.1 Å². The van der Waals surface area contributed by atoms with Gasteiger partial charge in [0.05, 0.1) is 12.3 Å². The molecular formula is C19H20ClN5O2S. The molecule has 3 N–H and O–H groups in total. The van der Waals surface area contributed by atoms with Gasteiger partial charge in [-0.3, -0.25) is 4.79 Å². The average molecular weight is 418 g/mol. The second-order valence-corrected chi connectivity index (χ2v) is 7.36. The number of carbonyl (C=O) groups is 1. The molecule has 3 rings (SSSR count). The Morgan fingerprint density at radius 3 is 2.61 bits per heavy atom. The molecule has 0 aliphatic rings. The molecule has 0 spiro atoms. The number of nitrogens with one attached hydrogen (secondary N) is 1. The number of rotatable bonds is 8. The van der Waals surface area contributed by atoms with Gasteiger partial charge < -0.3 is 15.9 Å². The zero-order chi connectivity index (χ0) is 19.9. The van der Waals surface area contributed by atoms with Crippen molar-refractivity contribution in [1.82, 2.24) is 20.2 Å². The topological polar surface area (TPSA) is 95.1 Å². The van der Waals surface area contributed by atoms with Gasteiger partial charge in [0, 0.05) is 10.6 Å². The Kier molecular flexibility index (Phi) is 6.78. The highest BCUT2D eigenvalue weighted by molar-refractivity contribution is 7.99. The Labute approximate surface area is 172 Å². The maximum absolute atomic E-state index is 12.0. The monoisotopic (exact) mass is 417 g/mol. The minimum atomic E-state index is -0.135. The minimum Gasteiger partial charge on any atom is -0.492 e. The Hall–Kier alpha value is -2.71. The first-order valence-corrected chi connectivity index (χ1v) is 9.94. The molecule has 0 aliphatic heterocycles. The van der Waals surface area contributed by atoms with Gasteiger partial charge in [-0.2, -0.15) is 0 Å². The van der Waals surface area contributed by atoms with Gasteiger partial charge in [-0.1, -0.05) is 53.2 Å². The van der Waals surface area contributed by atoms with Gasteiger partial charge in [-0.05, 0) is 31.2 Å². The molecule has 0 aliphatic carbocycles. The zero-order valence-electron chi connectivity index (χ0n) is 15.3. The van der Waals surface area contributed by atoms with Gasteiger partial charge in [-0.25, -0.2) is 4.68 Å². The number of nitrogens with two attached hydrogens (primary N) is 1. The molecule has 7 nitrogen and oxygen atoms in total. The lowest BCUT2D eigenvalue weighted by atomic mass is 10.1. The third-order valence-corrected chi connectivity index (χ3v) is 5.01. The Morgan fingerprint density at radius 2 is 1.89 bits per heavy atom. The maximum Gasteiger partial charge on any atom is 0.230 e. The molecule has 1 aromatic heterocycles. The standard InChI is InChI=1S/C19H20ClN5O2S/c1-13-2-4-14(5-3-13)18-23-24-19(25(18)21)28-12-17(26)22-10-11-27-16-8-6-15(20)7-9-16/h2-9H,10-12,21H2,1H3,(H,22,26). The maximum atomic E-state index is 12.0. The van der Waals surface area contributed by atoms with Crippen molar-refractivity contribution in [2.24, 2.45) is 0 Å². The highest BCUT2D eigenvalue weighted by Crippen LogP contribution is 2.21. The normalized spacial score (nSPS) is 10.6. The molecule has 0 atom stereocenters. The molecule has 28 heavy (non-hydrogen) atoms. The largest absolute Gasteiger partial charge is 0.492 e. The van der Waals surface area contributed by atoms with Crippen molar-refractivity contribution in [1.29, 1.82) is 0 Å². The fourth-order valence-corrected chi connectivity index (χ4v) is 3.16. The van der Waals surface area contributed by atoms with Crippen LogP contribution in [0.4, 0.5) is 0 Å². The van der Waals surface area contributed by atoms with Crippen LogP contribution < -0.4 is 15.9 Å². The van der Waals surface area contributed by atoms with Crippen LogP contribution >= 0.6 is 23.4 Å². The molecule has 0 saturated heterocycles. The summed E-state index contributed by atoms with van der Waals surface area (Å²) in [4.78, 5) is 12.0. The van der Waals surface area contributed by atoms with Crippen LogP contribution in [-0.2, 0) is 4.79 Å². The number of benzene rings is 2. The van der Waals surface area contributed by atoms with Gasteiger partial charge in [0.1, 0.15) is 12.4 Å². The quantitative estimate of drug-likeness (QED) is 0.332. The predicted octanol–water partition coefficient (Wildman–Crippen LogP) is 2.91. The van der Waals surface area contributed by atoms with Crippen LogP contribution in [0.5, 0.6) is 5.75 Å². The molecule has 0 saturated carbocycles. The predicted molar refractivity (Wildman–Crippen MR) is 111 cm³/mol. The van der Waals surface area contributed by atoms with Crippen molar-refractivity contribution in [3.05, 3.63) is 59.1 Å². The minimum absolute atomic E-state index is 0.135. The molecule has 0 unspecified atom stereocenters. The second kappa shape index (κ2) is 9.48. The number of ether oxygens (including phenoxy) is 1. The molecule has 0 bridgehead atoms. The van der Waals surface area contributed by atoms with Crippen molar-refractivity contribution in [2.45, 2.75) is 12.1 Å². The fraction of sp³-hybridized carbons (Fsp3) is 0.211. The summed E-state index contributed by atoms with van der Waals surface area (Å²) in [6.07, 6.45) is 0. The molecule has 3 aromatic rings. The van der Waals surface area contributed by atoms with E-state index >= 15 is 0 Å². The molecule has 0 radical (unpaired) electrons. The van der Waals surface area contributed by atoms with Gasteiger partial charge in [0.25, 0.3) is 0 Å². The summed E-state index contributed by atoms with van der Waals surface area (Å²) in [7, 11) is 0. The first-order valence-electron chi connectivity index (χ1n) is 8.58. The number of halogens is 1. The summed E-state index contributed by atoms with van der Waals surface area (Å²) in [5, 5.41) is 12.1. The number of thioether (sulfide) groups is 1. The van der Waals surface area contributed by atoms with Crippen molar-refractivity contribution in [2.75, 3.05) is 24.7 Å². The SMILES string of the molecule is Cc1ccc(-c2nnc(SCC(=O)NCCOc3ccc(Cl)cc3)n2N)cc1. The Morgan fingerprint density at radius 1 is 1.18 bits per heavy atom. The van der Waals surface area contributed by atoms with Gasteiger partial charge in [0.15, 0.2) is 5.82 Å². The van der Waals surface area contributed by atoms with Gasteiger partial charge in [-0.15, -0.1) is 10.2 Å². The van der Waals surface area contributed by atoms with Crippen LogP contribution in [-0.4, -0.2) is 39.7 Å². The zero-order valence-corrected chi connectivity index (χ0v) is 16.8. The van der Waals surface area contributed by atoms with Crippen LogP contribution in [0.2, 0.25) is 5.02 Å². The van der Waals surface area contributed by atoms with Crippen LogP contribution in [0, 0.1) is 6.92 Å². The first kappa shape index (κ1) is 20.0. The smallest absolute Gasteiger partial charge is 0.230 e. The van der Waals surface area contributed by atoms with E-state index in [0.29, 0.717) is 34.9 Å². The van der Waals surface area contributed by atoms with Crippen molar-refractivity contribution in [3.63, 3.8) is 0 Å². The number of aromatic nitrogens is 3. The number of nitrogens with zero attached hydrogens (tertiary/aromatic N) is 3. The van der Waals surface area contributed by atoms with Crippen LogP contribution in [0.15, 0.2) is 53.7 Å². The fourth-order valence-electron chi connectivity index (χ4n) is 2.35. The van der Waals surface area contributed by atoms with E-state index in [1.807, 2.05) is 31.2 Å². The lowest BCUT2D eigenvalue weighted by molar-refractivity contribution is -0.118.